The first-order chi connectivity index (χ1) is 44.7. The van der Waals surface area contributed by atoms with Crippen LogP contribution in [0, 0.1) is 0 Å². The van der Waals surface area contributed by atoms with E-state index in [-0.39, 0.29) is 12.8 Å². The van der Waals surface area contributed by atoms with Crippen molar-refractivity contribution in [2.45, 2.75) is 454 Å². The normalized spacial score (nSPS) is 18.5. The van der Waals surface area contributed by atoms with E-state index in [1.54, 1.807) is 0 Å². The van der Waals surface area contributed by atoms with Gasteiger partial charge in [-0.3, -0.25) is 4.79 Å². The second-order valence-electron chi connectivity index (χ2n) is 28.1. The third-order valence-electron chi connectivity index (χ3n) is 19.4. The summed E-state index contributed by atoms with van der Waals surface area (Å²) in [5, 5.41) is 76.7. The van der Waals surface area contributed by atoms with Crippen LogP contribution in [0.5, 0.6) is 0 Å². The van der Waals surface area contributed by atoms with Gasteiger partial charge in [-0.25, -0.2) is 0 Å². The number of unbranched alkanes of at least 4 members (excludes halogenated alkanes) is 53. The summed E-state index contributed by atoms with van der Waals surface area (Å²) < 4.78 is 11.2. The number of ether oxygens (including phenoxy) is 2. The number of allylic oxidation sites excluding steroid dienone is 6. The van der Waals surface area contributed by atoms with Gasteiger partial charge in [0.25, 0.3) is 0 Å². The lowest BCUT2D eigenvalue weighted by Crippen LogP contribution is -2.60. The Hall–Kier alpha value is -1.67. The molecule has 1 aliphatic heterocycles. The lowest BCUT2D eigenvalue weighted by Gasteiger charge is -2.40. The van der Waals surface area contributed by atoms with Gasteiger partial charge in [-0.1, -0.05) is 371 Å². The summed E-state index contributed by atoms with van der Waals surface area (Å²) in [6, 6.07) is -1.20. The molecular formula is C80H153NO10. The van der Waals surface area contributed by atoms with E-state index in [1.165, 1.54) is 308 Å². The van der Waals surface area contributed by atoms with Crippen LogP contribution in [0.3, 0.4) is 0 Å². The standard InChI is InChI=1S/C80H153NO10/c1-3-5-7-9-11-13-15-17-19-21-23-25-27-29-31-33-35-36-37-38-40-42-44-46-48-50-52-54-56-58-60-62-64-66-68-73(84)79(89)81-71(70-90-80-78(88)77(87)76(86)74(69-82)91-80)75(85)72(83)67-65-63-61-59-57-55-53-51-49-47-45-43-41-39-34-32-30-28-26-24-22-20-18-16-14-12-10-8-6-4-2/h43,45,51,53,59,61,71-78,80,82-88H,3-42,44,46-50,52,54-58,60,62-70H2,1-2H3,(H,81,89)/b45-43+,53-51+,61-59+. The third-order valence-corrected chi connectivity index (χ3v) is 19.4. The van der Waals surface area contributed by atoms with Gasteiger partial charge in [0.15, 0.2) is 6.29 Å². The Labute approximate surface area is 562 Å². The van der Waals surface area contributed by atoms with E-state index >= 15 is 0 Å². The molecule has 1 rings (SSSR count). The Morgan fingerprint density at radius 2 is 0.659 bits per heavy atom. The fourth-order valence-electron chi connectivity index (χ4n) is 13.1. The molecule has 1 aliphatic rings. The SMILES string of the molecule is CCCCCCCCCCCCCCCCCCC/C=C/CC/C=C/CC/C=C/CCCC(O)C(O)C(COC1OC(CO)C(O)C(O)C1O)NC(=O)C(O)CCCCCCCCCCCCCCCCCCCCCCCCCCCCCCCCCCCC. The van der Waals surface area contributed by atoms with Crippen LogP contribution in [0.15, 0.2) is 36.5 Å². The van der Waals surface area contributed by atoms with Crippen LogP contribution in [-0.4, -0.2) is 110 Å². The highest BCUT2D eigenvalue weighted by molar-refractivity contribution is 5.80. The van der Waals surface area contributed by atoms with Gasteiger partial charge in [-0.2, -0.15) is 0 Å². The van der Waals surface area contributed by atoms with Crippen LogP contribution in [0.4, 0.5) is 0 Å². The Bertz CT molecular complexity index is 1580. The molecule has 0 aromatic carbocycles. The van der Waals surface area contributed by atoms with E-state index in [0.29, 0.717) is 19.3 Å². The summed E-state index contributed by atoms with van der Waals surface area (Å²) in [5.74, 6) is -0.705. The molecule has 0 aromatic heterocycles. The Morgan fingerprint density at radius 1 is 0.374 bits per heavy atom. The molecule has 0 bridgehead atoms. The average molecular weight is 1290 g/mol. The topological polar surface area (TPSA) is 189 Å². The van der Waals surface area contributed by atoms with Crippen molar-refractivity contribution < 1.29 is 50.0 Å². The molecular weight excluding hydrogens is 1130 g/mol. The highest BCUT2D eigenvalue weighted by Crippen LogP contribution is 2.24. The molecule has 9 unspecified atom stereocenters. The quantitative estimate of drug-likeness (QED) is 0.0215. The van der Waals surface area contributed by atoms with E-state index in [1.807, 2.05) is 0 Å². The number of carbonyl (C=O) groups is 1. The van der Waals surface area contributed by atoms with Gasteiger partial charge >= 0.3 is 0 Å². The lowest BCUT2D eigenvalue weighted by molar-refractivity contribution is -0.303. The summed E-state index contributed by atoms with van der Waals surface area (Å²) in [6.45, 7) is 3.51. The number of amides is 1. The number of rotatable bonds is 71. The maximum absolute atomic E-state index is 13.3. The molecule has 538 valence electrons. The van der Waals surface area contributed by atoms with Crippen LogP contribution >= 0.6 is 0 Å². The molecule has 1 amide bonds. The van der Waals surface area contributed by atoms with E-state index in [9.17, 15) is 40.5 Å². The zero-order valence-corrected chi connectivity index (χ0v) is 59.9. The molecule has 11 heteroatoms. The van der Waals surface area contributed by atoms with Gasteiger partial charge in [0.05, 0.1) is 25.4 Å². The first-order valence-corrected chi connectivity index (χ1v) is 39.9. The Balaban J connectivity index is 2.16. The minimum Gasteiger partial charge on any atom is -0.394 e. The van der Waals surface area contributed by atoms with Crippen molar-refractivity contribution >= 4 is 5.91 Å². The van der Waals surface area contributed by atoms with Crippen molar-refractivity contribution in [2.24, 2.45) is 0 Å². The van der Waals surface area contributed by atoms with Crippen molar-refractivity contribution in [2.75, 3.05) is 13.2 Å². The number of nitrogens with one attached hydrogen (secondary N) is 1. The highest BCUT2D eigenvalue weighted by Gasteiger charge is 2.44. The Kier molecular flexibility index (Phi) is 65.5. The molecule has 0 aliphatic carbocycles. The van der Waals surface area contributed by atoms with E-state index < -0.39 is 74.2 Å². The van der Waals surface area contributed by atoms with E-state index in [0.717, 1.165) is 44.9 Å². The first kappa shape index (κ1) is 87.3. The number of carbonyl (C=O) groups excluding carboxylic acids is 1. The predicted octanol–water partition coefficient (Wildman–Crippen LogP) is 20.5. The van der Waals surface area contributed by atoms with Crippen molar-refractivity contribution in [1.29, 1.82) is 0 Å². The maximum Gasteiger partial charge on any atom is 0.249 e. The molecule has 91 heavy (non-hydrogen) atoms. The highest BCUT2D eigenvalue weighted by atomic mass is 16.7. The van der Waals surface area contributed by atoms with Crippen LogP contribution in [0.25, 0.3) is 0 Å². The molecule has 0 radical (unpaired) electrons. The number of hydrogen-bond donors (Lipinski definition) is 8. The van der Waals surface area contributed by atoms with Crippen LogP contribution < -0.4 is 5.32 Å². The zero-order chi connectivity index (χ0) is 66.0. The number of aliphatic hydroxyl groups excluding tert-OH is 7. The fourth-order valence-corrected chi connectivity index (χ4v) is 13.1. The minimum absolute atomic E-state index is 0.243. The monoisotopic (exact) mass is 1290 g/mol. The number of aliphatic hydroxyl groups is 7. The summed E-state index contributed by atoms with van der Waals surface area (Å²) >= 11 is 0. The average Bonchev–Trinajstić information content (AvgIpc) is 1.21. The zero-order valence-electron chi connectivity index (χ0n) is 59.9. The maximum atomic E-state index is 13.3. The first-order valence-electron chi connectivity index (χ1n) is 39.9. The summed E-state index contributed by atoms with van der Waals surface area (Å²) in [6.07, 6.45) is 78.4. The summed E-state index contributed by atoms with van der Waals surface area (Å²) in [4.78, 5) is 13.3. The number of hydrogen-bond acceptors (Lipinski definition) is 10. The molecule has 9 atom stereocenters. The smallest absolute Gasteiger partial charge is 0.249 e. The summed E-state index contributed by atoms with van der Waals surface area (Å²) in [5.41, 5.74) is 0. The van der Waals surface area contributed by atoms with Crippen LogP contribution in [0.2, 0.25) is 0 Å². The van der Waals surface area contributed by atoms with Crippen LogP contribution in [-0.2, 0) is 14.3 Å². The van der Waals surface area contributed by atoms with E-state index in [2.05, 4.69) is 55.6 Å². The van der Waals surface area contributed by atoms with Gasteiger partial charge in [0.2, 0.25) is 5.91 Å². The predicted molar refractivity (Wildman–Crippen MR) is 385 cm³/mol. The van der Waals surface area contributed by atoms with Gasteiger partial charge in [0.1, 0.15) is 36.6 Å². The molecule has 1 saturated heterocycles. The molecule has 0 spiro atoms. The molecule has 11 nitrogen and oxygen atoms in total. The largest absolute Gasteiger partial charge is 0.394 e. The van der Waals surface area contributed by atoms with Crippen molar-refractivity contribution in [1.82, 2.24) is 5.32 Å². The third kappa shape index (κ3) is 55.1. The van der Waals surface area contributed by atoms with Crippen molar-refractivity contribution in [3.8, 4) is 0 Å². The fraction of sp³-hybridized carbons (Fsp3) is 0.912. The van der Waals surface area contributed by atoms with E-state index in [4.69, 9.17) is 9.47 Å². The molecule has 0 aromatic rings. The second kappa shape index (κ2) is 68.3. The minimum atomic E-state index is -1.67. The molecule has 0 saturated carbocycles. The second-order valence-corrected chi connectivity index (χ2v) is 28.1. The van der Waals surface area contributed by atoms with Crippen LogP contribution in [0.1, 0.15) is 399 Å². The van der Waals surface area contributed by atoms with Gasteiger partial charge in [-0.05, 0) is 64.2 Å². The van der Waals surface area contributed by atoms with Crippen molar-refractivity contribution in [3.63, 3.8) is 0 Å². The van der Waals surface area contributed by atoms with Gasteiger partial charge in [-0.15, -0.1) is 0 Å². The van der Waals surface area contributed by atoms with Crippen molar-refractivity contribution in [3.05, 3.63) is 36.5 Å². The lowest BCUT2D eigenvalue weighted by atomic mass is 9.98. The molecule has 8 N–H and O–H groups in total. The molecule has 1 heterocycles. The summed E-state index contributed by atoms with van der Waals surface area (Å²) in [7, 11) is 0. The van der Waals surface area contributed by atoms with Gasteiger partial charge < -0.3 is 50.5 Å². The Morgan fingerprint density at radius 3 is 0.978 bits per heavy atom. The molecule has 1 fully saturated rings. The van der Waals surface area contributed by atoms with Gasteiger partial charge in [0, 0.05) is 0 Å².